The highest BCUT2D eigenvalue weighted by atomic mass is 35.5. The van der Waals surface area contributed by atoms with Crippen LogP contribution in [0, 0.1) is 5.41 Å². The summed E-state index contributed by atoms with van der Waals surface area (Å²) in [4.78, 5) is 16.7. The Morgan fingerprint density at radius 3 is 2.62 bits per heavy atom. The van der Waals surface area contributed by atoms with Gasteiger partial charge in [0, 0.05) is 0 Å². The number of benzene rings is 2. The van der Waals surface area contributed by atoms with E-state index in [2.05, 4.69) is 10.1 Å². The first kappa shape index (κ1) is 23.8. The molecule has 2 aromatic rings. The SMILES string of the molecule is CCOc1cc(C=C2C(=N)N3N=C(CC)SC3=NC2=O)cc(Cl)c1OCCOc1ccccc1. The number of carbonyl (C=O) groups excluding carboxylic acids is 1. The molecule has 0 spiro atoms. The number of hydrogen-bond acceptors (Lipinski definition) is 7. The van der Waals surface area contributed by atoms with Crippen molar-refractivity contribution in [2.75, 3.05) is 19.8 Å². The molecule has 176 valence electrons. The van der Waals surface area contributed by atoms with Gasteiger partial charge in [-0.05, 0) is 61.0 Å². The Morgan fingerprint density at radius 1 is 1.12 bits per heavy atom. The molecule has 34 heavy (non-hydrogen) atoms. The fourth-order valence-electron chi connectivity index (χ4n) is 3.24. The van der Waals surface area contributed by atoms with Gasteiger partial charge < -0.3 is 14.2 Å². The van der Waals surface area contributed by atoms with Crippen LogP contribution in [-0.2, 0) is 4.79 Å². The molecule has 0 aliphatic carbocycles. The van der Waals surface area contributed by atoms with Crippen LogP contribution in [0.1, 0.15) is 25.8 Å². The van der Waals surface area contributed by atoms with Crippen LogP contribution in [0.25, 0.3) is 6.08 Å². The smallest absolute Gasteiger partial charge is 0.283 e. The minimum atomic E-state index is -0.497. The van der Waals surface area contributed by atoms with Crippen molar-refractivity contribution in [3.05, 3.63) is 58.6 Å². The van der Waals surface area contributed by atoms with Crippen LogP contribution in [0.3, 0.4) is 0 Å². The minimum absolute atomic E-state index is 0.0292. The molecule has 0 bridgehead atoms. The molecule has 0 fully saturated rings. The third kappa shape index (κ3) is 5.26. The Balaban J connectivity index is 1.53. The fourth-order valence-corrected chi connectivity index (χ4v) is 4.33. The van der Waals surface area contributed by atoms with Crippen LogP contribution in [0.15, 0.2) is 58.1 Å². The molecule has 2 aliphatic rings. The Kier molecular flexibility index (Phi) is 7.54. The Bertz CT molecular complexity index is 1200. The van der Waals surface area contributed by atoms with E-state index in [1.54, 1.807) is 18.2 Å². The molecule has 1 N–H and O–H groups in total. The van der Waals surface area contributed by atoms with Gasteiger partial charge >= 0.3 is 0 Å². The molecule has 2 aliphatic heterocycles. The molecule has 0 radical (unpaired) electrons. The van der Waals surface area contributed by atoms with Gasteiger partial charge in [0.25, 0.3) is 5.91 Å². The zero-order chi connectivity index (χ0) is 24.1. The van der Waals surface area contributed by atoms with Gasteiger partial charge in [-0.25, -0.2) is 0 Å². The summed E-state index contributed by atoms with van der Waals surface area (Å²) in [5.74, 6) is 1.05. The minimum Gasteiger partial charge on any atom is -0.490 e. The molecule has 2 heterocycles. The van der Waals surface area contributed by atoms with Crippen molar-refractivity contribution >= 4 is 51.4 Å². The maximum absolute atomic E-state index is 12.6. The van der Waals surface area contributed by atoms with Crippen molar-refractivity contribution in [3.63, 3.8) is 0 Å². The third-order valence-electron chi connectivity index (χ3n) is 4.78. The summed E-state index contributed by atoms with van der Waals surface area (Å²) in [6.07, 6.45) is 2.26. The van der Waals surface area contributed by atoms with Gasteiger partial charge in [-0.3, -0.25) is 10.2 Å². The number of nitrogens with zero attached hydrogens (tertiary/aromatic N) is 3. The second-order valence-electron chi connectivity index (χ2n) is 7.14. The summed E-state index contributed by atoms with van der Waals surface area (Å²) in [5.41, 5.74) is 0.702. The van der Waals surface area contributed by atoms with Crippen molar-refractivity contribution in [3.8, 4) is 17.2 Å². The zero-order valence-electron chi connectivity index (χ0n) is 18.7. The van der Waals surface area contributed by atoms with Crippen LogP contribution in [0.5, 0.6) is 17.2 Å². The predicted molar refractivity (Wildman–Crippen MR) is 135 cm³/mol. The van der Waals surface area contributed by atoms with Crippen LogP contribution < -0.4 is 14.2 Å². The van der Waals surface area contributed by atoms with E-state index in [1.807, 2.05) is 44.2 Å². The zero-order valence-corrected chi connectivity index (χ0v) is 20.3. The van der Waals surface area contributed by atoms with Crippen molar-refractivity contribution in [1.82, 2.24) is 5.01 Å². The van der Waals surface area contributed by atoms with Gasteiger partial charge in [-0.2, -0.15) is 15.1 Å². The number of ether oxygens (including phenoxy) is 3. The molecule has 0 unspecified atom stereocenters. The number of carbonyl (C=O) groups is 1. The average molecular weight is 499 g/mol. The summed E-state index contributed by atoms with van der Waals surface area (Å²) >= 11 is 7.81. The number of amides is 1. The number of thioether (sulfide) groups is 1. The number of aliphatic imine (C=N–C) groups is 1. The van der Waals surface area contributed by atoms with Crippen LogP contribution in [-0.4, -0.2) is 46.8 Å². The Morgan fingerprint density at radius 2 is 1.88 bits per heavy atom. The first-order chi connectivity index (χ1) is 16.5. The maximum Gasteiger partial charge on any atom is 0.283 e. The maximum atomic E-state index is 12.6. The number of hydrogen-bond donors (Lipinski definition) is 1. The van der Waals surface area contributed by atoms with E-state index >= 15 is 0 Å². The lowest BCUT2D eigenvalue weighted by molar-refractivity contribution is -0.114. The number of amidine groups is 2. The van der Waals surface area contributed by atoms with E-state index in [4.69, 9.17) is 31.2 Å². The molecule has 10 heteroatoms. The molecule has 1 amide bonds. The lowest BCUT2D eigenvalue weighted by atomic mass is 10.1. The van der Waals surface area contributed by atoms with E-state index in [0.29, 0.717) is 46.9 Å². The van der Waals surface area contributed by atoms with E-state index in [-0.39, 0.29) is 18.0 Å². The Hall–Kier alpha value is -3.30. The highest BCUT2D eigenvalue weighted by Crippen LogP contribution is 2.38. The molecule has 0 saturated heterocycles. The van der Waals surface area contributed by atoms with E-state index in [9.17, 15) is 4.79 Å². The molecule has 8 nitrogen and oxygen atoms in total. The highest BCUT2D eigenvalue weighted by Gasteiger charge is 2.35. The number of hydrazone groups is 1. The van der Waals surface area contributed by atoms with E-state index in [0.717, 1.165) is 10.8 Å². The average Bonchev–Trinajstić information content (AvgIpc) is 3.25. The summed E-state index contributed by atoms with van der Waals surface area (Å²) < 4.78 is 17.2. The van der Waals surface area contributed by atoms with Gasteiger partial charge in [-0.1, -0.05) is 36.7 Å². The van der Waals surface area contributed by atoms with Crippen molar-refractivity contribution in [1.29, 1.82) is 5.41 Å². The molecular weight excluding hydrogens is 476 g/mol. The quantitative estimate of drug-likeness (QED) is 0.376. The normalized spacial score (nSPS) is 16.3. The third-order valence-corrected chi connectivity index (χ3v) is 6.12. The second kappa shape index (κ2) is 10.8. The van der Waals surface area contributed by atoms with Crippen molar-refractivity contribution in [2.45, 2.75) is 20.3 Å². The number of para-hydroxylation sites is 1. The van der Waals surface area contributed by atoms with Gasteiger partial charge in [0.2, 0.25) is 5.17 Å². The Labute approximate surface area is 206 Å². The van der Waals surface area contributed by atoms with Crippen molar-refractivity contribution in [2.24, 2.45) is 10.1 Å². The van der Waals surface area contributed by atoms with E-state index in [1.165, 1.54) is 16.8 Å². The lowest BCUT2D eigenvalue weighted by Gasteiger charge is -2.20. The molecular formula is C24H23ClN4O4S. The molecule has 2 aromatic carbocycles. The predicted octanol–water partition coefficient (Wildman–Crippen LogP) is 5.23. The topological polar surface area (TPSA) is 96.6 Å². The monoisotopic (exact) mass is 498 g/mol. The van der Waals surface area contributed by atoms with Gasteiger partial charge in [0.1, 0.15) is 24.0 Å². The fraction of sp³-hybridized carbons (Fsp3) is 0.250. The highest BCUT2D eigenvalue weighted by molar-refractivity contribution is 8.26. The van der Waals surface area contributed by atoms with Crippen LogP contribution in [0.2, 0.25) is 5.02 Å². The number of halogens is 1. The summed E-state index contributed by atoms with van der Waals surface area (Å²) in [6.45, 7) is 4.81. The standard InChI is InChI=1S/C24H23ClN4O4S/c1-3-20-28-29-22(26)17(23(30)27-24(29)34-20)12-15-13-18(25)21(19(14-15)31-4-2)33-11-10-32-16-8-6-5-7-9-16/h5-9,12-14,26H,3-4,10-11H2,1-2H3. The van der Waals surface area contributed by atoms with Gasteiger partial charge in [0.15, 0.2) is 17.3 Å². The summed E-state index contributed by atoms with van der Waals surface area (Å²) in [6, 6.07) is 12.8. The first-order valence-corrected chi connectivity index (χ1v) is 12.0. The van der Waals surface area contributed by atoms with Crippen LogP contribution in [0.4, 0.5) is 0 Å². The summed E-state index contributed by atoms with van der Waals surface area (Å²) in [5, 5.41) is 15.7. The summed E-state index contributed by atoms with van der Waals surface area (Å²) in [7, 11) is 0. The number of nitrogens with one attached hydrogen (secondary N) is 1. The number of fused-ring (bicyclic) bond motifs is 1. The lowest BCUT2D eigenvalue weighted by Crippen LogP contribution is -2.35. The van der Waals surface area contributed by atoms with Gasteiger partial charge in [0.05, 0.1) is 17.2 Å². The first-order valence-electron chi connectivity index (χ1n) is 10.8. The number of rotatable bonds is 9. The van der Waals surface area contributed by atoms with Gasteiger partial charge in [-0.15, -0.1) is 0 Å². The molecule has 0 atom stereocenters. The molecule has 0 aromatic heterocycles. The largest absolute Gasteiger partial charge is 0.490 e. The van der Waals surface area contributed by atoms with Crippen LogP contribution >= 0.6 is 23.4 Å². The molecule has 0 saturated carbocycles. The second-order valence-corrected chi connectivity index (χ2v) is 8.59. The molecule has 4 rings (SSSR count). The van der Waals surface area contributed by atoms with E-state index < -0.39 is 5.91 Å². The van der Waals surface area contributed by atoms with Crippen molar-refractivity contribution < 1.29 is 19.0 Å².